The lowest BCUT2D eigenvalue weighted by molar-refractivity contribution is -0.130. The maximum Gasteiger partial charge on any atom is 0.219 e. The normalized spacial score (nSPS) is 18.3. The first-order valence-corrected chi connectivity index (χ1v) is 9.68. The molecular weight excluding hydrogens is 356 g/mol. The van der Waals surface area contributed by atoms with E-state index in [1.165, 1.54) is 0 Å². The van der Waals surface area contributed by atoms with Gasteiger partial charge in [0.25, 0.3) is 0 Å². The molecule has 2 fully saturated rings. The Kier molecular flexibility index (Phi) is 7.18. The highest BCUT2D eigenvalue weighted by Crippen LogP contribution is 2.21. The van der Waals surface area contributed by atoms with Gasteiger partial charge >= 0.3 is 0 Å². The van der Waals surface area contributed by atoms with Gasteiger partial charge in [-0.2, -0.15) is 5.26 Å². The maximum absolute atomic E-state index is 11.3. The predicted molar refractivity (Wildman–Crippen MR) is 104 cm³/mol. The zero-order valence-electron chi connectivity index (χ0n) is 16.3. The molecule has 0 aromatic carbocycles. The largest absolute Gasteiger partial charge is 0.365 e. The van der Waals surface area contributed by atoms with E-state index < -0.39 is 0 Å². The Labute approximate surface area is 166 Å². The van der Waals surface area contributed by atoms with Crippen LogP contribution in [0.4, 0.5) is 5.82 Å². The summed E-state index contributed by atoms with van der Waals surface area (Å²) >= 11 is 0. The summed E-state index contributed by atoms with van der Waals surface area (Å²) in [6.45, 7) is 7.69. The van der Waals surface area contributed by atoms with Crippen molar-refractivity contribution in [1.82, 2.24) is 19.8 Å². The van der Waals surface area contributed by atoms with E-state index in [9.17, 15) is 4.79 Å². The number of piperidine rings is 1. The molecule has 1 amide bonds. The summed E-state index contributed by atoms with van der Waals surface area (Å²) in [5.74, 6) is 7.08. The summed E-state index contributed by atoms with van der Waals surface area (Å²) in [4.78, 5) is 25.9. The summed E-state index contributed by atoms with van der Waals surface area (Å²) in [7, 11) is 0. The van der Waals surface area contributed by atoms with Crippen molar-refractivity contribution in [3.8, 4) is 17.9 Å². The number of nitriles is 1. The lowest BCUT2D eigenvalue weighted by Gasteiger charge is -2.33. The number of ether oxygens (including phenoxy) is 1. The fourth-order valence-corrected chi connectivity index (χ4v) is 3.47. The van der Waals surface area contributed by atoms with Crippen molar-refractivity contribution in [2.24, 2.45) is 0 Å². The van der Waals surface area contributed by atoms with E-state index in [0.717, 1.165) is 58.7 Å². The van der Waals surface area contributed by atoms with E-state index in [1.54, 1.807) is 19.3 Å². The number of anilines is 1. The summed E-state index contributed by atoms with van der Waals surface area (Å²) < 4.78 is 5.89. The van der Waals surface area contributed by atoms with Crippen molar-refractivity contribution >= 4 is 11.7 Å². The van der Waals surface area contributed by atoms with Crippen molar-refractivity contribution in [3.05, 3.63) is 18.1 Å². The monoisotopic (exact) mass is 382 g/mol. The molecule has 2 saturated heterocycles. The number of carbonyl (C=O) groups excluding carboxylic acids is 1. The highest BCUT2D eigenvalue weighted by molar-refractivity contribution is 5.73. The van der Waals surface area contributed by atoms with Crippen molar-refractivity contribution in [3.63, 3.8) is 0 Å². The Morgan fingerprint density at radius 2 is 1.86 bits per heavy atom. The minimum absolute atomic E-state index is 0.147. The Hall–Kier alpha value is -2.68. The summed E-state index contributed by atoms with van der Waals surface area (Å²) in [5.41, 5.74) is 0.372. The molecule has 0 atom stereocenters. The Morgan fingerprint density at radius 1 is 1.14 bits per heavy atom. The first kappa shape index (κ1) is 20.1. The second kappa shape index (κ2) is 10.0. The van der Waals surface area contributed by atoms with Gasteiger partial charge in [0.2, 0.25) is 5.91 Å². The Morgan fingerprint density at radius 3 is 2.54 bits per heavy atom. The smallest absolute Gasteiger partial charge is 0.219 e. The van der Waals surface area contributed by atoms with Crippen LogP contribution >= 0.6 is 0 Å². The van der Waals surface area contributed by atoms with Gasteiger partial charge in [-0.25, -0.2) is 9.97 Å². The number of amides is 1. The molecule has 0 radical (unpaired) electrons. The molecule has 3 heterocycles. The predicted octanol–water partition coefficient (Wildman–Crippen LogP) is 0.501. The van der Waals surface area contributed by atoms with Crippen LogP contribution < -0.4 is 4.90 Å². The summed E-state index contributed by atoms with van der Waals surface area (Å²) in [6.07, 6.45) is 5.12. The van der Waals surface area contributed by atoms with Crippen LogP contribution in [0, 0.1) is 23.2 Å². The molecule has 1 aromatic heterocycles. The molecule has 8 heteroatoms. The van der Waals surface area contributed by atoms with E-state index in [1.807, 2.05) is 4.90 Å². The van der Waals surface area contributed by atoms with Gasteiger partial charge in [0, 0.05) is 58.6 Å². The SMILES string of the molecule is CC(=O)N1CCN(CC#CCOC2CCN(c3nccnc3C#N)CC2)CC1. The summed E-state index contributed by atoms with van der Waals surface area (Å²) in [5, 5.41) is 9.16. The zero-order chi connectivity index (χ0) is 19.8. The fourth-order valence-electron chi connectivity index (χ4n) is 3.47. The van der Waals surface area contributed by atoms with Crippen LogP contribution in [0.3, 0.4) is 0 Å². The van der Waals surface area contributed by atoms with Gasteiger partial charge in [0.15, 0.2) is 11.5 Å². The lowest BCUT2D eigenvalue weighted by Crippen LogP contribution is -2.47. The number of nitrogens with zero attached hydrogens (tertiary/aromatic N) is 6. The number of aromatic nitrogens is 2. The van der Waals surface area contributed by atoms with Gasteiger partial charge in [-0.05, 0) is 12.8 Å². The van der Waals surface area contributed by atoms with Crippen molar-refractivity contribution < 1.29 is 9.53 Å². The summed E-state index contributed by atoms with van der Waals surface area (Å²) in [6, 6.07) is 2.10. The number of hydrogen-bond donors (Lipinski definition) is 0. The first-order chi connectivity index (χ1) is 13.7. The van der Waals surface area contributed by atoms with Crippen LogP contribution in [-0.4, -0.2) is 84.2 Å². The van der Waals surface area contributed by atoms with Gasteiger partial charge in [-0.15, -0.1) is 0 Å². The maximum atomic E-state index is 11.3. The third-order valence-corrected chi connectivity index (χ3v) is 5.16. The number of piperazine rings is 1. The quantitative estimate of drug-likeness (QED) is 0.701. The van der Waals surface area contributed by atoms with Crippen LogP contribution in [0.2, 0.25) is 0 Å². The van der Waals surface area contributed by atoms with Crippen molar-refractivity contribution in [1.29, 1.82) is 5.26 Å². The molecule has 148 valence electrons. The average molecular weight is 382 g/mol. The van der Waals surface area contributed by atoms with Gasteiger partial charge in [0.1, 0.15) is 12.7 Å². The molecular formula is C20H26N6O2. The molecule has 0 spiro atoms. The molecule has 0 unspecified atom stereocenters. The highest BCUT2D eigenvalue weighted by atomic mass is 16.5. The minimum atomic E-state index is 0.147. The van der Waals surface area contributed by atoms with Gasteiger partial charge in [-0.1, -0.05) is 11.8 Å². The molecule has 2 aliphatic rings. The van der Waals surface area contributed by atoms with Gasteiger partial charge in [0.05, 0.1) is 12.6 Å². The van der Waals surface area contributed by atoms with E-state index in [0.29, 0.717) is 18.1 Å². The van der Waals surface area contributed by atoms with Crippen LogP contribution in [-0.2, 0) is 9.53 Å². The molecule has 0 N–H and O–H groups in total. The standard InChI is InChI=1S/C20H26N6O2/c1-17(27)25-13-11-24(12-14-25)8-2-3-15-28-18-4-9-26(10-5-18)20-19(16-21)22-6-7-23-20/h6-7,18H,4-5,8-15H2,1H3. The molecule has 0 aliphatic carbocycles. The third kappa shape index (κ3) is 5.41. The van der Waals surface area contributed by atoms with Crippen molar-refractivity contribution in [2.45, 2.75) is 25.9 Å². The molecule has 8 nitrogen and oxygen atoms in total. The molecule has 0 saturated carbocycles. The Bertz CT molecular complexity index is 765. The van der Waals surface area contributed by atoms with Crippen LogP contribution in [0.25, 0.3) is 0 Å². The lowest BCUT2D eigenvalue weighted by atomic mass is 10.1. The minimum Gasteiger partial charge on any atom is -0.365 e. The molecule has 1 aromatic rings. The van der Waals surface area contributed by atoms with E-state index in [4.69, 9.17) is 10.00 Å². The zero-order valence-corrected chi connectivity index (χ0v) is 16.3. The second-order valence-electron chi connectivity index (χ2n) is 6.97. The third-order valence-electron chi connectivity index (χ3n) is 5.16. The average Bonchev–Trinajstić information content (AvgIpc) is 2.74. The first-order valence-electron chi connectivity index (χ1n) is 9.68. The molecule has 28 heavy (non-hydrogen) atoms. The van der Waals surface area contributed by atoms with Crippen LogP contribution in [0.5, 0.6) is 0 Å². The number of rotatable bonds is 4. The van der Waals surface area contributed by atoms with E-state index in [2.05, 4.69) is 37.7 Å². The van der Waals surface area contributed by atoms with Crippen molar-refractivity contribution in [2.75, 3.05) is 57.3 Å². The van der Waals surface area contributed by atoms with Gasteiger partial charge in [-0.3, -0.25) is 9.69 Å². The van der Waals surface area contributed by atoms with E-state index >= 15 is 0 Å². The van der Waals surface area contributed by atoms with Crippen LogP contribution in [0.15, 0.2) is 12.4 Å². The fraction of sp³-hybridized carbons (Fsp3) is 0.600. The van der Waals surface area contributed by atoms with Gasteiger partial charge < -0.3 is 14.5 Å². The Balaban J connectivity index is 1.34. The number of carbonyl (C=O) groups is 1. The molecule has 0 bridgehead atoms. The topological polar surface area (TPSA) is 85.6 Å². The molecule has 2 aliphatic heterocycles. The van der Waals surface area contributed by atoms with E-state index in [-0.39, 0.29) is 12.0 Å². The second-order valence-corrected chi connectivity index (χ2v) is 6.97. The highest BCUT2D eigenvalue weighted by Gasteiger charge is 2.22. The van der Waals surface area contributed by atoms with Crippen LogP contribution in [0.1, 0.15) is 25.5 Å². The number of hydrogen-bond acceptors (Lipinski definition) is 7. The molecule has 3 rings (SSSR count).